The molecule has 0 aromatic heterocycles. The molecule has 0 fully saturated rings. The van der Waals surface area contributed by atoms with Gasteiger partial charge in [0.05, 0.1) is 0 Å². The van der Waals surface area contributed by atoms with E-state index >= 15 is 0 Å². The average Bonchev–Trinajstić information content (AvgIpc) is 2.30. The van der Waals surface area contributed by atoms with Crippen LogP contribution < -0.4 is 11.1 Å². The van der Waals surface area contributed by atoms with Gasteiger partial charge in [-0.2, -0.15) is 0 Å². The van der Waals surface area contributed by atoms with Gasteiger partial charge in [-0.15, -0.1) is 0 Å². The van der Waals surface area contributed by atoms with E-state index in [0.717, 1.165) is 11.3 Å². The highest BCUT2D eigenvalue weighted by molar-refractivity contribution is 7.80. The van der Waals surface area contributed by atoms with E-state index in [0.29, 0.717) is 0 Å². The maximum atomic E-state index is 5.53. The van der Waals surface area contributed by atoms with E-state index < -0.39 is 0 Å². The van der Waals surface area contributed by atoms with Crippen LogP contribution in [0.1, 0.15) is 5.56 Å². The Bertz CT molecular complexity index is 549. The summed E-state index contributed by atoms with van der Waals surface area (Å²) in [6, 6.07) is 16.2. The lowest BCUT2D eigenvalue weighted by Gasteiger charge is -2.12. The van der Waals surface area contributed by atoms with Crippen LogP contribution in [0.5, 0.6) is 0 Å². The van der Waals surface area contributed by atoms with Crippen molar-refractivity contribution in [3.63, 3.8) is 0 Å². The zero-order valence-electron chi connectivity index (χ0n) is 9.60. The first-order chi connectivity index (χ1) is 8.18. The van der Waals surface area contributed by atoms with Gasteiger partial charge in [-0.25, -0.2) is 0 Å². The zero-order valence-corrected chi connectivity index (χ0v) is 10.4. The fraction of sp³-hybridized carbons (Fsp3) is 0.0714. The van der Waals surface area contributed by atoms with Crippen LogP contribution in [0.4, 0.5) is 5.69 Å². The van der Waals surface area contributed by atoms with Crippen molar-refractivity contribution < 1.29 is 0 Å². The number of benzene rings is 2. The van der Waals surface area contributed by atoms with Crippen molar-refractivity contribution in [1.82, 2.24) is 0 Å². The SMILES string of the molecule is Cc1ccccc1-c1ccccc1NC(N)=S. The molecule has 0 spiro atoms. The van der Waals surface area contributed by atoms with Gasteiger partial charge in [-0.05, 0) is 36.3 Å². The number of hydrogen-bond acceptors (Lipinski definition) is 1. The molecule has 3 heteroatoms. The number of nitrogens with one attached hydrogen (secondary N) is 1. The minimum atomic E-state index is 0.283. The van der Waals surface area contributed by atoms with Crippen LogP contribution in [0.3, 0.4) is 0 Å². The van der Waals surface area contributed by atoms with E-state index in [1.165, 1.54) is 11.1 Å². The second-order valence-electron chi connectivity index (χ2n) is 3.85. The van der Waals surface area contributed by atoms with Crippen LogP contribution in [-0.4, -0.2) is 5.11 Å². The highest BCUT2D eigenvalue weighted by Crippen LogP contribution is 2.29. The molecule has 0 aliphatic rings. The Balaban J connectivity index is 2.52. The minimum Gasteiger partial charge on any atom is -0.376 e. The van der Waals surface area contributed by atoms with Crippen molar-refractivity contribution in [3.05, 3.63) is 54.1 Å². The van der Waals surface area contributed by atoms with Crippen LogP contribution in [0.25, 0.3) is 11.1 Å². The fourth-order valence-corrected chi connectivity index (χ4v) is 1.94. The fourth-order valence-electron chi connectivity index (χ4n) is 1.83. The molecule has 0 aliphatic carbocycles. The summed E-state index contributed by atoms with van der Waals surface area (Å²) in [5.41, 5.74) is 9.99. The topological polar surface area (TPSA) is 38.0 Å². The summed E-state index contributed by atoms with van der Waals surface area (Å²) in [6.07, 6.45) is 0. The molecule has 0 saturated heterocycles. The second-order valence-corrected chi connectivity index (χ2v) is 4.29. The molecule has 17 heavy (non-hydrogen) atoms. The molecule has 0 radical (unpaired) electrons. The van der Waals surface area contributed by atoms with Crippen LogP contribution in [0, 0.1) is 6.92 Å². The Hall–Kier alpha value is -1.87. The van der Waals surface area contributed by atoms with Crippen LogP contribution in [0.15, 0.2) is 48.5 Å². The Kier molecular flexibility index (Phi) is 3.40. The molecule has 0 aliphatic heterocycles. The molecule has 2 aromatic rings. The molecule has 2 aromatic carbocycles. The predicted octanol–water partition coefficient (Wildman–Crippen LogP) is 3.32. The van der Waals surface area contributed by atoms with Gasteiger partial charge in [0, 0.05) is 11.3 Å². The van der Waals surface area contributed by atoms with Crippen molar-refractivity contribution in [2.24, 2.45) is 5.73 Å². The van der Waals surface area contributed by atoms with Gasteiger partial charge in [0.1, 0.15) is 0 Å². The van der Waals surface area contributed by atoms with Gasteiger partial charge in [-0.1, -0.05) is 42.5 Å². The predicted molar refractivity (Wildman–Crippen MR) is 77.0 cm³/mol. The van der Waals surface area contributed by atoms with E-state index in [1.807, 2.05) is 30.3 Å². The first kappa shape index (κ1) is 11.6. The summed E-state index contributed by atoms with van der Waals surface area (Å²) < 4.78 is 0. The second kappa shape index (κ2) is 4.97. The Morgan fingerprint density at radius 2 is 1.59 bits per heavy atom. The molecular weight excluding hydrogens is 228 g/mol. The van der Waals surface area contributed by atoms with E-state index in [2.05, 4.69) is 30.4 Å². The molecule has 86 valence electrons. The van der Waals surface area contributed by atoms with Crippen LogP contribution >= 0.6 is 12.2 Å². The van der Waals surface area contributed by atoms with Gasteiger partial charge in [-0.3, -0.25) is 0 Å². The Morgan fingerprint density at radius 3 is 2.24 bits per heavy atom. The summed E-state index contributed by atoms with van der Waals surface area (Å²) in [6.45, 7) is 2.09. The molecule has 3 N–H and O–H groups in total. The van der Waals surface area contributed by atoms with Crippen LogP contribution in [-0.2, 0) is 0 Å². The Labute approximate surface area is 106 Å². The zero-order chi connectivity index (χ0) is 12.3. The molecule has 0 heterocycles. The molecule has 0 unspecified atom stereocenters. The molecule has 0 amide bonds. The number of aryl methyl sites for hydroxylation is 1. The van der Waals surface area contributed by atoms with Crippen molar-refractivity contribution in [2.45, 2.75) is 6.92 Å². The lowest BCUT2D eigenvalue weighted by atomic mass is 9.99. The van der Waals surface area contributed by atoms with E-state index in [-0.39, 0.29) is 5.11 Å². The number of thiocarbonyl (C=S) groups is 1. The van der Waals surface area contributed by atoms with Crippen molar-refractivity contribution in [3.8, 4) is 11.1 Å². The standard InChI is InChI=1S/C14H14N2S/c1-10-6-2-3-7-11(10)12-8-4-5-9-13(12)16-14(15)17/h2-9H,1H3,(H3,15,16,17). The van der Waals surface area contributed by atoms with Gasteiger partial charge >= 0.3 is 0 Å². The highest BCUT2D eigenvalue weighted by atomic mass is 32.1. The molecule has 0 bridgehead atoms. The molecule has 2 nitrogen and oxygen atoms in total. The molecule has 0 atom stereocenters. The average molecular weight is 242 g/mol. The first-order valence-electron chi connectivity index (χ1n) is 5.40. The van der Waals surface area contributed by atoms with E-state index in [4.69, 9.17) is 18.0 Å². The first-order valence-corrected chi connectivity index (χ1v) is 5.81. The van der Waals surface area contributed by atoms with Crippen molar-refractivity contribution in [1.29, 1.82) is 0 Å². The maximum Gasteiger partial charge on any atom is 0.168 e. The van der Waals surface area contributed by atoms with Gasteiger partial charge in [0.2, 0.25) is 0 Å². The third-order valence-electron chi connectivity index (χ3n) is 2.62. The smallest absolute Gasteiger partial charge is 0.168 e. The Morgan fingerprint density at radius 1 is 1.00 bits per heavy atom. The molecule has 2 rings (SSSR count). The minimum absolute atomic E-state index is 0.283. The van der Waals surface area contributed by atoms with E-state index in [1.54, 1.807) is 0 Å². The maximum absolute atomic E-state index is 5.53. The third-order valence-corrected chi connectivity index (χ3v) is 2.72. The largest absolute Gasteiger partial charge is 0.376 e. The van der Waals surface area contributed by atoms with Crippen LogP contribution in [0.2, 0.25) is 0 Å². The van der Waals surface area contributed by atoms with Crippen molar-refractivity contribution in [2.75, 3.05) is 5.32 Å². The monoisotopic (exact) mass is 242 g/mol. The lowest BCUT2D eigenvalue weighted by Crippen LogP contribution is -2.19. The van der Waals surface area contributed by atoms with Gasteiger partial charge in [0.25, 0.3) is 0 Å². The summed E-state index contributed by atoms with van der Waals surface area (Å²) in [5.74, 6) is 0. The quantitative estimate of drug-likeness (QED) is 0.793. The summed E-state index contributed by atoms with van der Waals surface area (Å²) in [4.78, 5) is 0. The van der Waals surface area contributed by atoms with Gasteiger partial charge in [0.15, 0.2) is 5.11 Å². The molecule has 0 saturated carbocycles. The summed E-state index contributed by atoms with van der Waals surface area (Å²) in [7, 11) is 0. The number of rotatable bonds is 2. The number of anilines is 1. The van der Waals surface area contributed by atoms with E-state index in [9.17, 15) is 0 Å². The number of para-hydroxylation sites is 1. The van der Waals surface area contributed by atoms with Crippen molar-refractivity contribution >= 4 is 23.0 Å². The highest BCUT2D eigenvalue weighted by Gasteiger charge is 2.06. The number of nitrogens with two attached hydrogens (primary N) is 1. The van der Waals surface area contributed by atoms with Gasteiger partial charge < -0.3 is 11.1 Å². The molecular formula is C14H14N2S. The summed E-state index contributed by atoms with van der Waals surface area (Å²) in [5, 5.41) is 3.29. The third kappa shape index (κ3) is 2.63. The summed E-state index contributed by atoms with van der Waals surface area (Å²) >= 11 is 4.89. The normalized spacial score (nSPS) is 9.94. The lowest BCUT2D eigenvalue weighted by molar-refractivity contribution is 1.45. The number of hydrogen-bond donors (Lipinski definition) is 2.